The van der Waals surface area contributed by atoms with E-state index in [9.17, 15) is 14.4 Å². The van der Waals surface area contributed by atoms with Crippen LogP contribution in [0.1, 0.15) is 10.4 Å². The Bertz CT molecular complexity index is 888. The molecule has 0 spiro atoms. The van der Waals surface area contributed by atoms with E-state index in [1.807, 2.05) is 4.98 Å². The van der Waals surface area contributed by atoms with Crippen molar-refractivity contribution in [3.8, 4) is 11.3 Å². The predicted molar refractivity (Wildman–Crippen MR) is 66.1 cm³/mol. The highest BCUT2D eigenvalue weighted by Crippen LogP contribution is 2.22. The lowest BCUT2D eigenvalue weighted by atomic mass is 10.1. The zero-order chi connectivity index (χ0) is 13.4. The summed E-state index contributed by atoms with van der Waals surface area (Å²) in [5.41, 5.74) is 1.13. The predicted octanol–water partition coefficient (Wildman–Crippen LogP) is 0.684. The Labute approximate surface area is 104 Å². The van der Waals surface area contributed by atoms with Crippen LogP contribution in [0.25, 0.3) is 22.2 Å². The van der Waals surface area contributed by atoms with Crippen molar-refractivity contribution in [1.82, 2.24) is 15.2 Å². The molecule has 1 aromatic carbocycles. The second-order valence-corrected chi connectivity index (χ2v) is 3.87. The number of aldehydes is 1. The Morgan fingerprint density at radius 3 is 2.89 bits per heavy atom. The van der Waals surface area contributed by atoms with Crippen molar-refractivity contribution in [1.29, 1.82) is 0 Å². The van der Waals surface area contributed by atoms with Crippen LogP contribution < -0.4 is 11.3 Å². The number of benzene rings is 1. The molecule has 2 heterocycles. The van der Waals surface area contributed by atoms with E-state index in [1.165, 1.54) is 18.3 Å². The molecule has 19 heavy (non-hydrogen) atoms. The summed E-state index contributed by atoms with van der Waals surface area (Å²) in [5.74, 6) is -0.805. The van der Waals surface area contributed by atoms with Gasteiger partial charge < -0.3 is 4.42 Å². The second kappa shape index (κ2) is 4.05. The zero-order valence-corrected chi connectivity index (χ0v) is 9.47. The Morgan fingerprint density at radius 1 is 1.26 bits per heavy atom. The lowest BCUT2D eigenvalue weighted by molar-refractivity contribution is 0.112. The van der Waals surface area contributed by atoms with Gasteiger partial charge in [-0.25, -0.2) is 4.79 Å². The minimum atomic E-state index is -0.805. The molecule has 7 nitrogen and oxygen atoms in total. The van der Waals surface area contributed by atoms with Crippen LogP contribution in [0, 0.1) is 0 Å². The second-order valence-electron chi connectivity index (χ2n) is 3.87. The van der Waals surface area contributed by atoms with Gasteiger partial charge in [0.1, 0.15) is 5.58 Å². The van der Waals surface area contributed by atoms with E-state index in [1.54, 1.807) is 6.07 Å². The lowest BCUT2D eigenvalue weighted by Gasteiger charge is -2.00. The van der Waals surface area contributed by atoms with Gasteiger partial charge >= 0.3 is 5.76 Å². The van der Waals surface area contributed by atoms with Crippen LogP contribution in [0.5, 0.6) is 0 Å². The number of hydrogen-bond donors (Lipinski definition) is 2. The van der Waals surface area contributed by atoms with Crippen molar-refractivity contribution >= 4 is 17.3 Å². The van der Waals surface area contributed by atoms with E-state index in [0.29, 0.717) is 23.1 Å². The summed E-state index contributed by atoms with van der Waals surface area (Å²) in [6.07, 6.45) is 2.06. The van der Waals surface area contributed by atoms with Gasteiger partial charge in [0.2, 0.25) is 0 Å². The molecule has 2 N–H and O–H groups in total. The van der Waals surface area contributed by atoms with E-state index >= 15 is 0 Å². The van der Waals surface area contributed by atoms with Crippen LogP contribution >= 0.6 is 0 Å². The van der Waals surface area contributed by atoms with E-state index in [0.717, 1.165) is 0 Å². The summed E-state index contributed by atoms with van der Waals surface area (Å²) in [7, 11) is 0. The van der Waals surface area contributed by atoms with Crippen LogP contribution in [0.2, 0.25) is 0 Å². The number of H-pyrrole nitrogens is 2. The molecular formula is C12H7N3O4. The average Bonchev–Trinajstić information content (AvgIpc) is 2.86. The maximum Gasteiger partial charge on any atom is 0.419 e. The van der Waals surface area contributed by atoms with Gasteiger partial charge in [0, 0.05) is 5.56 Å². The van der Waals surface area contributed by atoms with Gasteiger partial charge in [0.15, 0.2) is 6.29 Å². The first-order valence-corrected chi connectivity index (χ1v) is 5.35. The van der Waals surface area contributed by atoms with Gasteiger partial charge in [-0.1, -0.05) is 0 Å². The minimum absolute atomic E-state index is 0.185. The molecule has 0 aliphatic rings. The largest absolute Gasteiger partial charge is 0.419 e. The molecule has 0 saturated carbocycles. The van der Waals surface area contributed by atoms with E-state index in [4.69, 9.17) is 4.42 Å². The summed E-state index contributed by atoms with van der Waals surface area (Å²) in [4.78, 5) is 35.6. The van der Waals surface area contributed by atoms with Crippen molar-refractivity contribution in [2.75, 3.05) is 0 Å². The van der Waals surface area contributed by atoms with E-state index < -0.39 is 11.3 Å². The Morgan fingerprint density at radius 2 is 2.11 bits per heavy atom. The van der Waals surface area contributed by atoms with E-state index in [2.05, 4.69) is 10.2 Å². The summed E-state index contributed by atoms with van der Waals surface area (Å²) in [6, 6.07) is 4.65. The third-order valence-corrected chi connectivity index (χ3v) is 2.73. The number of hydrogen-bond acceptors (Lipinski definition) is 5. The minimum Gasteiger partial charge on any atom is -0.409 e. The number of rotatable bonds is 2. The highest BCUT2D eigenvalue weighted by molar-refractivity contribution is 5.88. The zero-order valence-electron chi connectivity index (χ0n) is 9.47. The molecule has 0 radical (unpaired) electrons. The summed E-state index contributed by atoms with van der Waals surface area (Å²) >= 11 is 0. The van der Waals surface area contributed by atoms with Gasteiger partial charge in [-0.2, -0.15) is 5.10 Å². The number of carbonyl (C=O) groups is 1. The number of carbonyl (C=O) groups excluding carboxylic acids is 1. The van der Waals surface area contributed by atoms with Crippen molar-refractivity contribution in [2.45, 2.75) is 0 Å². The third kappa shape index (κ3) is 1.77. The van der Waals surface area contributed by atoms with Crippen LogP contribution in [-0.2, 0) is 0 Å². The molecule has 0 bridgehead atoms. The fourth-order valence-corrected chi connectivity index (χ4v) is 1.85. The van der Waals surface area contributed by atoms with Crippen molar-refractivity contribution in [3.05, 3.63) is 50.9 Å². The molecule has 3 aromatic rings. The first kappa shape index (κ1) is 11.1. The van der Waals surface area contributed by atoms with Crippen LogP contribution in [0.15, 0.2) is 38.4 Å². The van der Waals surface area contributed by atoms with Crippen LogP contribution in [-0.4, -0.2) is 21.5 Å². The van der Waals surface area contributed by atoms with Gasteiger partial charge in [-0.3, -0.25) is 19.7 Å². The van der Waals surface area contributed by atoms with Crippen LogP contribution in [0.4, 0.5) is 0 Å². The Kier molecular flexibility index (Phi) is 2.38. The normalized spacial score (nSPS) is 10.7. The molecular weight excluding hydrogens is 250 g/mol. The molecule has 3 rings (SSSR count). The molecule has 2 aromatic heterocycles. The van der Waals surface area contributed by atoms with Crippen LogP contribution in [0.3, 0.4) is 0 Å². The number of fused-ring (bicyclic) bond motifs is 1. The molecule has 7 heteroatoms. The Hall–Kier alpha value is -2.96. The molecule has 0 aliphatic carbocycles. The molecule has 0 fully saturated rings. The SMILES string of the molecule is O=Cc1cn[nH]c1-c1ccc2oc(=O)[nH]c(=O)c2c1. The number of nitrogens with zero attached hydrogens (tertiary/aromatic N) is 1. The molecule has 0 unspecified atom stereocenters. The number of nitrogens with one attached hydrogen (secondary N) is 2. The first-order chi connectivity index (χ1) is 9.19. The smallest absolute Gasteiger partial charge is 0.409 e. The Balaban J connectivity index is 2.31. The number of aromatic amines is 2. The highest BCUT2D eigenvalue weighted by atomic mass is 16.4. The maximum atomic E-state index is 11.7. The standard InChI is InChI=1S/C12H7N3O4/c16-5-7-4-13-15-10(7)6-1-2-9-8(3-6)11(17)14-12(18)19-9/h1-5H,(H,13,15)(H,14,17,18). The van der Waals surface area contributed by atoms with Gasteiger partial charge in [-0.05, 0) is 18.2 Å². The van der Waals surface area contributed by atoms with Gasteiger partial charge in [0.25, 0.3) is 5.56 Å². The van der Waals surface area contributed by atoms with E-state index in [-0.39, 0.29) is 11.0 Å². The van der Waals surface area contributed by atoms with Gasteiger partial charge in [0.05, 0.1) is 22.8 Å². The van der Waals surface area contributed by atoms with Crippen molar-refractivity contribution < 1.29 is 9.21 Å². The molecule has 0 saturated heterocycles. The highest BCUT2D eigenvalue weighted by Gasteiger charge is 2.10. The first-order valence-electron chi connectivity index (χ1n) is 5.35. The summed E-state index contributed by atoms with van der Waals surface area (Å²) in [5, 5.41) is 6.68. The monoisotopic (exact) mass is 257 g/mol. The molecule has 0 amide bonds. The third-order valence-electron chi connectivity index (χ3n) is 2.73. The molecule has 0 atom stereocenters. The summed E-state index contributed by atoms with van der Waals surface area (Å²) < 4.78 is 4.86. The maximum absolute atomic E-state index is 11.7. The van der Waals surface area contributed by atoms with Gasteiger partial charge in [-0.15, -0.1) is 0 Å². The fourth-order valence-electron chi connectivity index (χ4n) is 1.85. The topological polar surface area (TPSA) is 109 Å². The molecule has 0 aliphatic heterocycles. The van der Waals surface area contributed by atoms with Crippen molar-refractivity contribution in [2.24, 2.45) is 0 Å². The van der Waals surface area contributed by atoms with Crippen molar-refractivity contribution in [3.63, 3.8) is 0 Å². The summed E-state index contributed by atoms with van der Waals surface area (Å²) in [6.45, 7) is 0. The quantitative estimate of drug-likeness (QED) is 0.656. The average molecular weight is 257 g/mol. The fraction of sp³-hybridized carbons (Fsp3) is 0. The number of aromatic nitrogens is 3. The molecule has 94 valence electrons. The lowest BCUT2D eigenvalue weighted by Crippen LogP contribution is -2.17.